The van der Waals surface area contributed by atoms with Crippen molar-refractivity contribution in [3.8, 4) is 0 Å². The smallest absolute Gasteiger partial charge is 0.414 e. The van der Waals surface area contributed by atoms with Gasteiger partial charge in [0.1, 0.15) is 13.3 Å². The minimum Gasteiger partial charge on any atom is -0.440 e. The number of alkyl halides is 2. The van der Waals surface area contributed by atoms with Crippen LogP contribution >= 0.6 is 0 Å². The zero-order valence-electron chi connectivity index (χ0n) is 17.0. The number of halogens is 2. The highest BCUT2D eigenvalue weighted by atomic mass is 19.1. The molecule has 0 spiro atoms. The van der Waals surface area contributed by atoms with Crippen molar-refractivity contribution in [3.63, 3.8) is 0 Å². The molecule has 0 bridgehead atoms. The predicted octanol–water partition coefficient (Wildman–Crippen LogP) is 3.43. The maximum Gasteiger partial charge on any atom is 0.414 e. The number of hydrogen-bond acceptors (Lipinski definition) is 5. The van der Waals surface area contributed by atoms with Gasteiger partial charge in [-0.15, -0.1) is 0 Å². The van der Waals surface area contributed by atoms with E-state index in [4.69, 9.17) is 10.1 Å². The van der Waals surface area contributed by atoms with E-state index in [1.54, 1.807) is 36.2 Å². The molecule has 0 saturated heterocycles. The average Bonchev–Trinajstić information content (AvgIpc) is 3.55. The number of carbonyl (C=O) groups is 2. The van der Waals surface area contributed by atoms with Gasteiger partial charge in [0.2, 0.25) is 5.91 Å². The monoisotopic (exact) mass is 420 g/mol. The van der Waals surface area contributed by atoms with Gasteiger partial charge in [-0.05, 0) is 37.5 Å². The largest absolute Gasteiger partial charge is 0.440 e. The van der Waals surface area contributed by atoms with Gasteiger partial charge in [-0.3, -0.25) is 9.69 Å². The number of benzene rings is 1. The van der Waals surface area contributed by atoms with Crippen LogP contribution in [0.25, 0.3) is 5.57 Å². The van der Waals surface area contributed by atoms with Crippen LogP contribution in [0.2, 0.25) is 0 Å². The van der Waals surface area contributed by atoms with Crippen molar-refractivity contribution in [3.05, 3.63) is 30.0 Å². The van der Waals surface area contributed by atoms with Crippen molar-refractivity contribution in [1.82, 2.24) is 5.32 Å². The van der Waals surface area contributed by atoms with Crippen LogP contribution in [0.1, 0.15) is 32.3 Å². The summed E-state index contributed by atoms with van der Waals surface area (Å²) < 4.78 is 30.7. The van der Waals surface area contributed by atoms with Gasteiger partial charge in [0.25, 0.3) is 0 Å². The Morgan fingerprint density at radius 2 is 2.00 bits per heavy atom. The normalized spacial score (nSPS) is 18.8. The van der Waals surface area contributed by atoms with Crippen molar-refractivity contribution in [1.29, 1.82) is 5.41 Å². The fourth-order valence-corrected chi connectivity index (χ4v) is 3.43. The minimum absolute atomic E-state index is 0.115. The summed E-state index contributed by atoms with van der Waals surface area (Å²) in [6, 6.07) is 5.23. The Kier molecular flexibility index (Phi) is 6.69. The Hall–Kier alpha value is -2.97. The van der Waals surface area contributed by atoms with Crippen molar-refractivity contribution in [2.45, 2.75) is 44.9 Å². The molecular formula is C21H26F2N4O3. The molecule has 0 radical (unpaired) electrons. The van der Waals surface area contributed by atoms with Gasteiger partial charge in [-0.25, -0.2) is 13.6 Å². The first-order valence-electron chi connectivity index (χ1n) is 9.90. The summed E-state index contributed by atoms with van der Waals surface area (Å²) in [5.74, 6) is -0.187. The molecule has 1 saturated carbocycles. The quantitative estimate of drug-likeness (QED) is 0.662. The van der Waals surface area contributed by atoms with Gasteiger partial charge < -0.3 is 20.4 Å². The summed E-state index contributed by atoms with van der Waals surface area (Å²) in [5, 5.41) is 11.0. The number of anilines is 2. The molecular weight excluding hydrogens is 394 g/mol. The standard InChI is InChI=1S/C21H26F2N4O3/c1-13-12-26(21(29)30-18(8-22)9-23)20-7-15(3-6-19(20)27(13)14(2)28)16(10-24)11-25-17-4-5-17/h3,6-7,10-11,13,17-18,24-25H,4-5,8-9,12H2,1-2H3/b16-11+,24-10?. The third-order valence-corrected chi connectivity index (χ3v) is 5.13. The zero-order chi connectivity index (χ0) is 21.8. The first-order chi connectivity index (χ1) is 14.4. The van der Waals surface area contributed by atoms with E-state index in [-0.39, 0.29) is 18.5 Å². The maximum atomic E-state index is 12.9. The molecule has 2 aliphatic rings. The highest BCUT2D eigenvalue weighted by molar-refractivity contribution is 6.10. The predicted molar refractivity (Wildman–Crippen MR) is 112 cm³/mol. The number of nitrogens with one attached hydrogen (secondary N) is 2. The summed E-state index contributed by atoms with van der Waals surface area (Å²) in [7, 11) is 0. The van der Waals surface area contributed by atoms with Gasteiger partial charge >= 0.3 is 6.09 Å². The minimum atomic E-state index is -1.47. The van der Waals surface area contributed by atoms with Crippen LogP contribution in [-0.4, -0.2) is 56.3 Å². The van der Waals surface area contributed by atoms with Crippen LogP contribution in [0.15, 0.2) is 24.4 Å². The van der Waals surface area contributed by atoms with Crippen LogP contribution in [0.5, 0.6) is 0 Å². The molecule has 7 nitrogen and oxygen atoms in total. The molecule has 1 aromatic rings. The second-order valence-corrected chi connectivity index (χ2v) is 7.55. The van der Waals surface area contributed by atoms with Crippen molar-refractivity contribution >= 4 is 35.2 Å². The van der Waals surface area contributed by atoms with Gasteiger partial charge in [0.05, 0.1) is 17.4 Å². The Labute approximate surface area is 174 Å². The molecule has 2 amide bonds. The van der Waals surface area contributed by atoms with Crippen LogP contribution < -0.4 is 15.1 Å². The number of fused-ring (bicyclic) bond motifs is 1. The molecule has 2 N–H and O–H groups in total. The Morgan fingerprint density at radius 3 is 2.57 bits per heavy atom. The van der Waals surface area contributed by atoms with Crippen molar-refractivity contribution in [2.75, 3.05) is 29.7 Å². The van der Waals surface area contributed by atoms with Gasteiger partial charge in [0, 0.05) is 37.5 Å². The lowest BCUT2D eigenvalue weighted by Gasteiger charge is -2.40. The molecule has 0 aromatic heterocycles. The number of ether oxygens (including phenoxy) is 1. The molecule has 3 rings (SSSR count). The summed E-state index contributed by atoms with van der Waals surface area (Å²) in [5.41, 5.74) is 2.16. The van der Waals surface area contributed by atoms with E-state index in [2.05, 4.69) is 5.32 Å². The number of hydrogen-bond donors (Lipinski definition) is 2. The lowest BCUT2D eigenvalue weighted by Crippen LogP contribution is -2.52. The molecule has 1 aromatic carbocycles. The first-order valence-corrected chi connectivity index (χ1v) is 9.90. The van der Waals surface area contributed by atoms with Gasteiger partial charge in [0.15, 0.2) is 6.10 Å². The number of rotatable bonds is 7. The van der Waals surface area contributed by atoms with Crippen LogP contribution in [0.3, 0.4) is 0 Å². The first kappa shape index (κ1) is 21.7. The maximum absolute atomic E-state index is 12.9. The highest BCUT2D eigenvalue weighted by Crippen LogP contribution is 2.38. The number of allylic oxidation sites excluding steroid dienone is 1. The number of nitrogens with zero attached hydrogens (tertiary/aromatic N) is 2. The van der Waals surface area contributed by atoms with E-state index in [9.17, 15) is 18.4 Å². The van der Waals surface area contributed by atoms with Crippen LogP contribution in [0, 0.1) is 5.41 Å². The topological polar surface area (TPSA) is 85.7 Å². The third-order valence-electron chi connectivity index (χ3n) is 5.13. The number of carbonyl (C=O) groups excluding carboxylic acids is 2. The summed E-state index contributed by atoms with van der Waals surface area (Å²) in [4.78, 5) is 27.8. The van der Waals surface area contributed by atoms with E-state index in [1.807, 2.05) is 0 Å². The SMILES string of the molecule is CC(=O)N1c2ccc(/C(C=N)=C/NC3CC3)cc2N(C(=O)OC(CF)CF)CC1C. The highest BCUT2D eigenvalue weighted by Gasteiger charge is 2.35. The molecule has 1 heterocycles. The number of amides is 2. The lowest BCUT2D eigenvalue weighted by molar-refractivity contribution is -0.117. The summed E-state index contributed by atoms with van der Waals surface area (Å²) >= 11 is 0. The Bertz CT molecular complexity index is 853. The Morgan fingerprint density at radius 1 is 1.30 bits per heavy atom. The third kappa shape index (κ3) is 4.60. The summed E-state index contributed by atoms with van der Waals surface area (Å²) in [6.45, 7) is 1.09. The van der Waals surface area contributed by atoms with E-state index < -0.39 is 25.5 Å². The average molecular weight is 420 g/mol. The molecule has 162 valence electrons. The molecule has 1 fully saturated rings. The van der Waals surface area contributed by atoms with E-state index in [0.717, 1.165) is 12.8 Å². The molecule has 1 atom stereocenters. The van der Waals surface area contributed by atoms with Crippen molar-refractivity contribution < 1.29 is 23.1 Å². The molecule has 9 heteroatoms. The second kappa shape index (κ2) is 9.23. The zero-order valence-corrected chi connectivity index (χ0v) is 17.0. The van der Waals surface area contributed by atoms with Crippen LogP contribution in [0.4, 0.5) is 25.0 Å². The second-order valence-electron chi connectivity index (χ2n) is 7.55. The molecule has 1 aliphatic carbocycles. The fourth-order valence-electron chi connectivity index (χ4n) is 3.43. The van der Waals surface area contributed by atoms with Crippen molar-refractivity contribution in [2.24, 2.45) is 0 Å². The van der Waals surface area contributed by atoms with E-state index in [1.165, 1.54) is 18.0 Å². The van der Waals surface area contributed by atoms with Gasteiger partial charge in [-0.2, -0.15) is 0 Å². The summed E-state index contributed by atoms with van der Waals surface area (Å²) in [6.07, 6.45) is 2.79. The van der Waals surface area contributed by atoms with Gasteiger partial charge in [-0.1, -0.05) is 6.07 Å². The molecule has 1 unspecified atom stereocenters. The lowest BCUT2D eigenvalue weighted by atomic mass is 10.0. The Balaban J connectivity index is 1.99. The van der Waals surface area contributed by atoms with E-state index >= 15 is 0 Å². The molecule has 1 aliphatic heterocycles. The molecule has 30 heavy (non-hydrogen) atoms. The van der Waals surface area contributed by atoms with E-state index in [0.29, 0.717) is 28.6 Å². The fraction of sp³-hybridized carbons (Fsp3) is 0.476. The van der Waals surface area contributed by atoms with Crippen LogP contribution in [-0.2, 0) is 9.53 Å².